The number of rotatable bonds is 3. The van der Waals surface area contributed by atoms with Gasteiger partial charge in [-0.15, -0.1) is 0 Å². The molecule has 0 aliphatic carbocycles. The largest absolute Gasteiger partial charge is 0.497 e. The summed E-state index contributed by atoms with van der Waals surface area (Å²) in [6.45, 7) is 0. The highest BCUT2D eigenvalue weighted by Gasteiger charge is 2.03. The van der Waals surface area contributed by atoms with E-state index in [-0.39, 0.29) is 0 Å². The average molecular weight is 268 g/mol. The van der Waals surface area contributed by atoms with Crippen molar-refractivity contribution in [2.75, 3.05) is 14.2 Å². The normalized spacial score (nSPS) is 11.2. The van der Waals surface area contributed by atoms with Crippen molar-refractivity contribution in [1.29, 1.82) is 0 Å². The summed E-state index contributed by atoms with van der Waals surface area (Å²) in [7, 11) is 3.18. The van der Waals surface area contributed by atoms with Gasteiger partial charge in [0, 0.05) is 11.6 Å². The van der Waals surface area contributed by atoms with Crippen LogP contribution in [0.2, 0.25) is 0 Å². The molecule has 1 atom stereocenters. The maximum absolute atomic E-state index is 10.00. The van der Waals surface area contributed by atoms with Gasteiger partial charge in [-0.1, -0.05) is 42.2 Å². The first kappa shape index (κ1) is 14.0. The Morgan fingerprint density at radius 2 is 1.55 bits per heavy atom. The SMILES string of the molecule is COc1cc(C#CC(O)c2ccccc2)cc(OC)c1. The lowest BCUT2D eigenvalue weighted by Crippen LogP contribution is -1.93. The third kappa shape index (κ3) is 3.53. The second kappa shape index (κ2) is 6.65. The topological polar surface area (TPSA) is 38.7 Å². The number of methoxy groups -OCH3 is 2. The fourth-order valence-corrected chi connectivity index (χ4v) is 1.75. The first-order valence-electron chi connectivity index (χ1n) is 6.20. The van der Waals surface area contributed by atoms with Gasteiger partial charge in [-0.3, -0.25) is 0 Å². The minimum atomic E-state index is -0.812. The fourth-order valence-electron chi connectivity index (χ4n) is 1.75. The van der Waals surface area contributed by atoms with Crippen LogP contribution in [0.4, 0.5) is 0 Å². The number of hydrogen-bond donors (Lipinski definition) is 1. The molecule has 102 valence electrons. The molecule has 1 N–H and O–H groups in total. The van der Waals surface area contributed by atoms with Crippen LogP contribution in [0.5, 0.6) is 11.5 Å². The highest BCUT2D eigenvalue weighted by Crippen LogP contribution is 2.22. The highest BCUT2D eigenvalue weighted by molar-refractivity contribution is 5.46. The lowest BCUT2D eigenvalue weighted by Gasteiger charge is -2.05. The summed E-state index contributed by atoms with van der Waals surface area (Å²) in [6.07, 6.45) is -0.812. The summed E-state index contributed by atoms with van der Waals surface area (Å²) < 4.78 is 10.4. The van der Waals surface area contributed by atoms with Gasteiger partial charge < -0.3 is 14.6 Å². The maximum atomic E-state index is 10.00. The Balaban J connectivity index is 2.24. The van der Waals surface area contributed by atoms with Crippen LogP contribution in [0.15, 0.2) is 48.5 Å². The van der Waals surface area contributed by atoms with E-state index in [4.69, 9.17) is 9.47 Å². The lowest BCUT2D eigenvalue weighted by molar-refractivity contribution is 0.238. The molecule has 3 nitrogen and oxygen atoms in total. The second-order valence-corrected chi connectivity index (χ2v) is 4.18. The number of aliphatic hydroxyl groups excluding tert-OH is 1. The van der Waals surface area contributed by atoms with Crippen LogP contribution in [0.25, 0.3) is 0 Å². The van der Waals surface area contributed by atoms with Gasteiger partial charge in [0.25, 0.3) is 0 Å². The number of benzene rings is 2. The average Bonchev–Trinajstić information content (AvgIpc) is 2.53. The molecule has 0 fully saturated rings. The lowest BCUT2D eigenvalue weighted by atomic mass is 10.1. The van der Waals surface area contributed by atoms with E-state index in [1.54, 1.807) is 32.4 Å². The van der Waals surface area contributed by atoms with Crippen molar-refractivity contribution >= 4 is 0 Å². The van der Waals surface area contributed by atoms with Crippen LogP contribution in [0, 0.1) is 11.8 Å². The molecule has 0 saturated heterocycles. The molecule has 0 amide bonds. The van der Waals surface area contributed by atoms with Gasteiger partial charge in [0.1, 0.15) is 17.6 Å². The van der Waals surface area contributed by atoms with E-state index < -0.39 is 6.10 Å². The van der Waals surface area contributed by atoms with Crippen molar-refractivity contribution in [3.63, 3.8) is 0 Å². The van der Waals surface area contributed by atoms with E-state index in [0.29, 0.717) is 11.5 Å². The Hall–Kier alpha value is -2.44. The highest BCUT2D eigenvalue weighted by atomic mass is 16.5. The molecule has 0 saturated carbocycles. The standard InChI is InChI=1S/C17H16O3/c1-19-15-10-13(11-16(12-15)20-2)8-9-17(18)14-6-4-3-5-7-14/h3-7,10-12,17-18H,1-2H3. The Kier molecular flexibility index (Phi) is 4.65. The second-order valence-electron chi connectivity index (χ2n) is 4.18. The Bertz CT molecular complexity index is 601. The molecule has 0 bridgehead atoms. The van der Waals surface area contributed by atoms with Crippen molar-refractivity contribution in [3.8, 4) is 23.3 Å². The van der Waals surface area contributed by atoms with Crippen molar-refractivity contribution in [2.24, 2.45) is 0 Å². The van der Waals surface area contributed by atoms with Crippen LogP contribution in [0.3, 0.4) is 0 Å². The molecule has 0 aromatic heterocycles. The van der Waals surface area contributed by atoms with Gasteiger partial charge >= 0.3 is 0 Å². The fraction of sp³-hybridized carbons (Fsp3) is 0.176. The van der Waals surface area contributed by atoms with Gasteiger partial charge in [-0.25, -0.2) is 0 Å². The van der Waals surface area contributed by atoms with Gasteiger partial charge in [-0.05, 0) is 17.7 Å². The molecular weight excluding hydrogens is 252 g/mol. The molecule has 0 radical (unpaired) electrons. The van der Waals surface area contributed by atoms with Crippen LogP contribution < -0.4 is 9.47 Å². The predicted octanol–water partition coefficient (Wildman–Crippen LogP) is 2.79. The van der Waals surface area contributed by atoms with Crippen molar-refractivity contribution < 1.29 is 14.6 Å². The zero-order valence-corrected chi connectivity index (χ0v) is 11.5. The summed E-state index contributed by atoms with van der Waals surface area (Å²) in [5.41, 5.74) is 1.51. The Morgan fingerprint density at radius 3 is 2.10 bits per heavy atom. The van der Waals surface area contributed by atoms with E-state index in [1.807, 2.05) is 30.3 Å². The van der Waals surface area contributed by atoms with Crippen molar-refractivity contribution in [2.45, 2.75) is 6.10 Å². The molecule has 2 aromatic rings. The van der Waals surface area contributed by atoms with Crippen LogP contribution >= 0.6 is 0 Å². The minimum absolute atomic E-state index is 0.669. The third-order valence-corrected chi connectivity index (χ3v) is 2.82. The number of hydrogen-bond acceptors (Lipinski definition) is 3. The van der Waals surface area contributed by atoms with Gasteiger partial charge in [0.05, 0.1) is 14.2 Å². The van der Waals surface area contributed by atoms with Crippen molar-refractivity contribution in [1.82, 2.24) is 0 Å². The van der Waals surface area contributed by atoms with Crippen molar-refractivity contribution in [3.05, 3.63) is 59.7 Å². The van der Waals surface area contributed by atoms with Gasteiger partial charge in [0.2, 0.25) is 0 Å². The molecule has 0 spiro atoms. The van der Waals surface area contributed by atoms with Crippen LogP contribution in [-0.4, -0.2) is 19.3 Å². The van der Waals surface area contributed by atoms with Gasteiger partial charge in [0.15, 0.2) is 0 Å². The van der Waals surface area contributed by atoms with E-state index in [0.717, 1.165) is 11.1 Å². The molecule has 0 aliphatic rings. The summed E-state index contributed by atoms with van der Waals surface area (Å²) in [5.74, 6) is 7.08. The first-order valence-corrected chi connectivity index (χ1v) is 6.20. The molecule has 1 unspecified atom stereocenters. The van der Waals surface area contributed by atoms with Crippen LogP contribution in [0.1, 0.15) is 17.2 Å². The molecule has 0 aliphatic heterocycles. The smallest absolute Gasteiger partial charge is 0.140 e. The number of ether oxygens (including phenoxy) is 2. The first-order chi connectivity index (χ1) is 9.72. The quantitative estimate of drug-likeness (QED) is 0.870. The zero-order valence-electron chi connectivity index (χ0n) is 11.5. The Morgan fingerprint density at radius 1 is 0.950 bits per heavy atom. The molecule has 3 heteroatoms. The van der Waals surface area contributed by atoms with Gasteiger partial charge in [-0.2, -0.15) is 0 Å². The van der Waals surface area contributed by atoms with E-state index >= 15 is 0 Å². The molecule has 0 heterocycles. The molecule has 2 rings (SSSR count). The van der Waals surface area contributed by atoms with E-state index in [2.05, 4.69) is 11.8 Å². The predicted molar refractivity (Wildman–Crippen MR) is 77.8 cm³/mol. The third-order valence-electron chi connectivity index (χ3n) is 2.82. The minimum Gasteiger partial charge on any atom is -0.497 e. The maximum Gasteiger partial charge on any atom is 0.140 e. The monoisotopic (exact) mass is 268 g/mol. The summed E-state index contributed by atoms with van der Waals surface area (Å²) >= 11 is 0. The van der Waals surface area contributed by atoms with E-state index in [9.17, 15) is 5.11 Å². The summed E-state index contributed by atoms with van der Waals surface area (Å²) in [6, 6.07) is 14.7. The summed E-state index contributed by atoms with van der Waals surface area (Å²) in [5, 5.41) is 10.00. The molecular formula is C17H16O3. The molecule has 20 heavy (non-hydrogen) atoms. The molecule has 2 aromatic carbocycles. The van der Waals surface area contributed by atoms with E-state index in [1.165, 1.54) is 0 Å². The Labute approximate surface area is 118 Å². The van der Waals surface area contributed by atoms with Crippen LogP contribution in [-0.2, 0) is 0 Å². The summed E-state index contributed by atoms with van der Waals surface area (Å²) in [4.78, 5) is 0. The zero-order chi connectivity index (χ0) is 14.4. The number of aliphatic hydroxyl groups is 1.